The number of amides is 1. The summed E-state index contributed by atoms with van der Waals surface area (Å²) in [5.41, 5.74) is 0.348. The number of hydrogen-bond acceptors (Lipinski definition) is 4. The molecule has 146 valence electrons. The maximum atomic E-state index is 11.8. The molecule has 0 saturated heterocycles. The number of alkyl carbamates (subject to hydrolysis) is 1. The maximum Gasteiger partial charge on any atom is 0.408 e. The third-order valence-electron chi connectivity index (χ3n) is 4.42. The smallest absolute Gasteiger partial charge is 0.408 e. The van der Waals surface area contributed by atoms with Crippen LogP contribution in [0.3, 0.4) is 0 Å². The molecule has 0 unspecified atom stereocenters. The van der Waals surface area contributed by atoms with E-state index in [4.69, 9.17) is 9.16 Å². The van der Waals surface area contributed by atoms with Crippen LogP contribution in [0.5, 0.6) is 5.75 Å². The Morgan fingerprint density at radius 1 is 1.12 bits per heavy atom. The lowest BCUT2D eigenvalue weighted by Gasteiger charge is -2.36. The van der Waals surface area contributed by atoms with Crippen LogP contribution in [-0.4, -0.2) is 32.3 Å². The number of rotatable bonds is 6. The van der Waals surface area contributed by atoms with Crippen molar-refractivity contribution in [3.63, 3.8) is 0 Å². The highest BCUT2D eigenvalue weighted by Crippen LogP contribution is 2.37. The Kier molecular flexibility index (Phi) is 7.05. The minimum Gasteiger partial charge on any atom is -0.544 e. The quantitative estimate of drug-likeness (QED) is 0.574. The molecule has 1 aromatic carbocycles. The summed E-state index contributed by atoms with van der Waals surface area (Å²) >= 11 is 0. The molecule has 1 amide bonds. The lowest BCUT2D eigenvalue weighted by atomic mass is 10.1. The van der Waals surface area contributed by atoms with E-state index in [-0.39, 0.29) is 5.04 Å². The minimum absolute atomic E-state index is 0.131. The fraction of sp³-hybridized carbons (Fsp3) is 0.600. The predicted octanol–water partition coefficient (Wildman–Crippen LogP) is 4.71. The first-order valence-electron chi connectivity index (χ1n) is 8.96. The van der Waals surface area contributed by atoms with Gasteiger partial charge in [-0.25, -0.2) is 4.79 Å². The lowest BCUT2D eigenvalue weighted by Crippen LogP contribution is -2.43. The monoisotopic (exact) mass is 379 g/mol. The summed E-state index contributed by atoms with van der Waals surface area (Å²) in [6.45, 7) is 16.3. The molecule has 0 radical (unpaired) electrons. The van der Waals surface area contributed by atoms with Crippen LogP contribution in [0.2, 0.25) is 18.1 Å². The molecule has 0 spiro atoms. The number of benzene rings is 1. The van der Waals surface area contributed by atoms with E-state index < -0.39 is 26.1 Å². The van der Waals surface area contributed by atoms with Gasteiger partial charge < -0.3 is 19.3 Å². The number of nitrogens with one attached hydrogen (secondary N) is 1. The highest BCUT2D eigenvalue weighted by atomic mass is 28.4. The van der Waals surface area contributed by atoms with Crippen LogP contribution >= 0.6 is 0 Å². The Morgan fingerprint density at radius 3 is 2.08 bits per heavy atom. The van der Waals surface area contributed by atoms with Crippen LogP contribution < -0.4 is 9.74 Å². The Hall–Kier alpha value is -1.82. The molecule has 0 aliphatic rings. The van der Waals surface area contributed by atoms with Crippen LogP contribution in [0, 0.1) is 0 Å². The normalized spacial score (nSPS) is 13.7. The second-order valence-electron chi connectivity index (χ2n) is 9.10. The van der Waals surface area contributed by atoms with E-state index in [1.165, 1.54) is 0 Å². The third kappa shape index (κ3) is 7.20. The minimum atomic E-state index is -1.88. The maximum absolute atomic E-state index is 11.8. The van der Waals surface area contributed by atoms with Gasteiger partial charge in [0.05, 0.1) is 6.04 Å². The second kappa shape index (κ2) is 8.25. The zero-order valence-corrected chi connectivity index (χ0v) is 18.3. The van der Waals surface area contributed by atoms with Crippen LogP contribution in [-0.2, 0) is 16.0 Å². The molecule has 0 aromatic heterocycles. The van der Waals surface area contributed by atoms with E-state index in [0.29, 0.717) is 6.42 Å². The molecule has 1 rings (SSSR count). The SMILES string of the molecule is CC(C)(C)OC(=O)N[C@H](C=O)Cc1ccc(O[Si](C)(C)C(C)(C)C)cc1. The molecule has 0 aliphatic heterocycles. The van der Waals surface area contributed by atoms with Gasteiger partial charge >= 0.3 is 6.09 Å². The van der Waals surface area contributed by atoms with E-state index in [1.807, 2.05) is 24.3 Å². The van der Waals surface area contributed by atoms with E-state index in [1.54, 1.807) is 20.8 Å². The summed E-state index contributed by atoms with van der Waals surface area (Å²) in [5, 5.41) is 2.72. The fourth-order valence-corrected chi connectivity index (χ4v) is 3.02. The van der Waals surface area contributed by atoms with Crippen molar-refractivity contribution in [3.8, 4) is 5.75 Å². The molecular weight excluding hydrogens is 346 g/mol. The van der Waals surface area contributed by atoms with Gasteiger partial charge in [0.25, 0.3) is 0 Å². The van der Waals surface area contributed by atoms with Gasteiger partial charge in [-0.1, -0.05) is 32.9 Å². The standard InChI is InChI=1S/C20H33NO4Si/c1-19(2,3)24-18(23)21-16(14-22)13-15-9-11-17(12-10-15)25-26(7,8)20(4,5)6/h9-12,14,16H,13H2,1-8H3,(H,21,23)/t16-/m0/s1. The Bertz CT molecular complexity index is 612. The predicted molar refractivity (Wildman–Crippen MR) is 107 cm³/mol. The highest BCUT2D eigenvalue weighted by molar-refractivity contribution is 6.74. The molecule has 26 heavy (non-hydrogen) atoms. The first kappa shape index (κ1) is 22.2. The molecule has 0 heterocycles. The molecule has 6 heteroatoms. The van der Waals surface area contributed by atoms with E-state index in [2.05, 4.69) is 39.2 Å². The fourth-order valence-electron chi connectivity index (χ4n) is 1.99. The summed E-state index contributed by atoms with van der Waals surface area (Å²) in [6, 6.07) is 7.07. The molecule has 1 aromatic rings. The number of carbonyl (C=O) groups is 2. The molecule has 1 N–H and O–H groups in total. The van der Waals surface area contributed by atoms with Crippen molar-refractivity contribution >= 4 is 20.7 Å². The van der Waals surface area contributed by atoms with Gasteiger partial charge in [0.2, 0.25) is 8.32 Å². The topological polar surface area (TPSA) is 64.6 Å². The summed E-state index contributed by atoms with van der Waals surface area (Å²) < 4.78 is 11.4. The van der Waals surface area contributed by atoms with Gasteiger partial charge in [-0.2, -0.15) is 0 Å². The molecule has 0 aliphatic carbocycles. The van der Waals surface area contributed by atoms with Crippen molar-refractivity contribution < 1.29 is 18.8 Å². The number of ether oxygens (including phenoxy) is 1. The van der Waals surface area contributed by atoms with Crippen molar-refractivity contribution in [1.29, 1.82) is 0 Å². The van der Waals surface area contributed by atoms with Gasteiger partial charge in [-0.3, -0.25) is 0 Å². The van der Waals surface area contributed by atoms with Crippen LogP contribution in [0.25, 0.3) is 0 Å². The Morgan fingerprint density at radius 2 is 1.65 bits per heavy atom. The first-order valence-corrected chi connectivity index (χ1v) is 11.9. The average Bonchev–Trinajstić information content (AvgIpc) is 2.45. The van der Waals surface area contributed by atoms with E-state index in [9.17, 15) is 9.59 Å². The third-order valence-corrected chi connectivity index (χ3v) is 8.78. The zero-order valence-electron chi connectivity index (χ0n) is 17.3. The van der Waals surface area contributed by atoms with Gasteiger partial charge in [0, 0.05) is 0 Å². The van der Waals surface area contributed by atoms with Gasteiger partial charge in [-0.05, 0) is 63.0 Å². The Labute approximate surface area is 158 Å². The van der Waals surface area contributed by atoms with Crippen molar-refractivity contribution in [2.24, 2.45) is 0 Å². The number of hydrogen-bond donors (Lipinski definition) is 1. The first-order chi connectivity index (χ1) is 11.7. The van der Waals surface area contributed by atoms with Gasteiger partial charge in [0.1, 0.15) is 17.6 Å². The summed E-state index contributed by atoms with van der Waals surface area (Å²) in [6.07, 6.45) is 0.542. The number of carbonyl (C=O) groups excluding carboxylic acids is 2. The number of aldehydes is 1. The van der Waals surface area contributed by atoms with Crippen molar-refractivity contribution in [2.45, 2.75) is 77.7 Å². The molecule has 5 nitrogen and oxygen atoms in total. The van der Waals surface area contributed by atoms with E-state index >= 15 is 0 Å². The molecule has 0 fully saturated rings. The lowest BCUT2D eigenvalue weighted by molar-refractivity contribution is -0.109. The molecule has 0 bridgehead atoms. The average molecular weight is 380 g/mol. The summed E-state index contributed by atoms with van der Waals surface area (Å²) in [7, 11) is -1.88. The summed E-state index contributed by atoms with van der Waals surface area (Å²) in [5.74, 6) is 0.836. The highest BCUT2D eigenvalue weighted by Gasteiger charge is 2.38. The van der Waals surface area contributed by atoms with Crippen molar-refractivity contribution in [3.05, 3.63) is 29.8 Å². The van der Waals surface area contributed by atoms with Crippen LogP contribution in [0.4, 0.5) is 4.79 Å². The van der Waals surface area contributed by atoms with Crippen molar-refractivity contribution in [1.82, 2.24) is 5.32 Å². The molecular formula is C20H33NO4Si. The second-order valence-corrected chi connectivity index (χ2v) is 13.8. The van der Waals surface area contributed by atoms with Gasteiger partial charge in [-0.15, -0.1) is 0 Å². The largest absolute Gasteiger partial charge is 0.544 e. The van der Waals surface area contributed by atoms with Gasteiger partial charge in [0.15, 0.2) is 0 Å². The zero-order chi connectivity index (χ0) is 20.2. The summed E-state index contributed by atoms with van der Waals surface area (Å²) in [4.78, 5) is 23.1. The van der Waals surface area contributed by atoms with Crippen molar-refractivity contribution in [2.75, 3.05) is 0 Å². The van der Waals surface area contributed by atoms with Crippen LogP contribution in [0.15, 0.2) is 24.3 Å². The van der Waals surface area contributed by atoms with E-state index in [0.717, 1.165) is 17.6 Å². The molecule has 1 atom stereocenters. The molecule has 0 saturated carbocycles. The Balaban J connectivity index is 2.70. The van der Waals surface area contributed by atoms with Crippen LogP contribution in [0.1, 0.15) is 47.1 Å².